The molecule has 3 rings (SSSR count). The van der Waals surface area contributed by atoms with Gasteiger partial charge < -0.3 is 11.1 Å². The van der Waals surface area contributed by atoms with Gasteiger partial charge in [-0.3, -0.25) is 4.79 Å². The van der Waals surface area contributed by atoms with Crippen LogP contribution in [0.5, 0.6) is 0 Å². The molecular weight excluding hydrogens is 343 g/mol. The highest BCUT2D eigenvalue weighted by Crippen LogP contribution is 2.32. The average Bonchev–Trinajstić information content (AvgIpc) is 3.00. The zero-order valence-corrected chi connectivity index (χ0v) is 14.8. The molecule has 0 spiro atoms. The Kier molecular flexibility index (Phi) is 5.44. The van der Waals surface area contributed by atoms with Gasteiger partial charge in [-0.1, -0.05) is 53.5 Å². The fourth-order valence-corrected chi connectivity index (χ4v) is 3.74. The van der Waals surface area contributed by atoms with Crippen LogP contribution in [0.3, 0.4) is 0 Å². The average molecular weight is 363 g/mol. The van der Waals surface area contributed by atoms with Crippen LogP contribution in [0.2, 0.25) is 10.0 Å². The van der Waals surface area contributed by atoms with Crippen molar-refractivity contribution in [3.63, 3.8) is 0 Å². The third kappa shape index (κ3) is 3.92. The quantitative estimate of drug-likeness (QED) is 0.846. The third-order valence-corrected chi connectivity index (χ3v) is 5.08. The van der Waals surface area contributed by atoms with E-state index >= 15 is 0 Å². The van der Waals surface area contributed by atoms with E-state index in [0.29, 0.717) is 16.6 Å². The van der Waals surface area contributed by atoms with Crippen LogP contribution in [0.25, 0.3) is 11.1 Å². The zero-order chi connectivity index (χ0) is 17.1. The Morgan fingerprint density at radius 2 is 1.92 bits per heavy atom. The van der Waals surface area contributed by atoms with Crippen molar-refractivity contribution in [3.8, 4) is 11.1 Å². The van der Waals surface area contributed by atoms with E-state index in [-0.39, 0.29) is 17.9 Å². The second-order valence-electron chi connectivity index (χ2n) is 6.27. The number of amides is 1. The van der Waals surface area contributed by atoms with Gasteiger partial charge in [0, 0.05) is 34.1 Å². The van der Waals surface area contributed by atoms with Crippen LogP contribution in [-0.2, 0) is 11.3 Å². The molecule has 0 heterocycles. The Morgan fingerprint density at radius 1 is 1.12 bits per heavy atom. The van der Waals surface area contributed by atoms with Crippen molar-refractivity contribution in [2.75, 3.05) is 0 Å². The van der Waals surface area contributed by atoms with Gasteiger partial charge in [-0.25, -0.2) is 0 Å². The van der Waals surface area contributed by atoms with E-state index in [4.69, 9.17) is 28.9 Å². The Labute approximate surface area is 152 Å². The summed E-state index contributed by atoms with van der Waals surface area (Å²) in [5.74, 6) is 0.117. The first-order chi connectivity index (χ1) is 11.5. The molecule has 2 atom stereocenters. The number of nitrogens with one attached hydrogen (secondary N) is 1. The molecule has 0 radical (unpaired) electrons. The first-order valence-electron chi connectivity index (χ1n) is 8.11. The monoisotopic (exact) mass is 362 g/mol. The highest BCUT2D eigenvalue weighted by atomic mass is 35.5. The molecule has 2 unspecified atom stereocenters. The number of halogens is 2. The van der Waals surface area contributed by atoms with Crippen molar-refractivity contribution < 1.29 is 4.79 Å². The molecule has 1 saturated carbocycles. The number of carbonyl (C=O) groups excluding carboxylic acids is 1. The summed E-state index contributed by atoms with van der Waals surface area (Å²) in [5.41, 5.74) is 8.83. The van der Waals surface area contributed by atoms with E-state index in [1.54, 1.807) is 6.07 Å². The topological polar surface area (TPSA) is 55.1 Å². The second kappa shape index (κ2) is 7.56. The maximum Gasteiger partial charge on any atom is 0.223 e. The lowest BCUT2D eigenvalue weighted by Crippen LogP contribution is -2.30. The summed E-state index contributed by atoms with van der Waals surface area (Å²) >= 11 is 12.3. The van der Waals surface area contributed by atoms with Gasteiger partial charge in [0.2, 0.25) is 5.91 Å². The van der Waals surface area contributed by atoms with E-state index in [0.717, 1.165) is 36.0 Å². The second-order valence-corrected chi connectivity index (χ2v) is 7.11. The Balaban J connectivity index is 1.76. The Morgan fingerprint density at radius 3 is 2.62 bits per heavy atom. The highest BCUT2D eigenvalue weighted by Gasteiger charge is 2.27. The zero-order valence-electron chi connectivity index (χ0n) is 13.3. The standard InChI is InChI=1S/C19H20Cl2N2O/c20-14-6-8-17(18(21)10-14)16-4-2-1-3-13(16)11-23-19(24)12-5-7-15(22)9-12/h1-4,6,8,10,12,15H,5,7,9,11,22H2,(H,23,24). The molecule has 1 aliphatic carbocycles. The van der Waals surface area contributed by atoms with Crippen LogP contribution in [0.15, 0.2) is 42.5 Å². The van der Waals surface area contributed by atoms with Gasteiger partial charge in [-0.15, -0.1) is 0 Å². The first-order valence-corrected chi connectivity index (χ1v) is 8.87. The summed E-state index contributed by atoms with van der Waals surface area (Å²) in [6.45, 7) is 0.472. The maximum absolute atomic E-state index is 12.3. The summed E-state index contributed by atoms with van der Waals surface area (Å²) in [7, 11) is 0. The van der Waals surface area contributed by atoms with Gasteiger partial charge in [0.1, 0.15) is 0 Å². The summed E-state index contributed by atoms with van der Waals surface area (Å²) < 4.78 is 0. The van der Waals surface area contributed by atoms with Crippen molar-refractivity contribution in [1.29, 1.82) is 0 Å². The number of carbonyl (C=O) groups is 1. The minimum absolute atomic E-state index is 0.0336. The van der Waals surface area contributed by atoms with Gasteiger partial charge in [0.05, 0.1) is 0 Å². The lowest BCUT2D eigenvalue weighted by molar-refractivity contribution is -0.125. The highest BCUT2D eigenvalue weighted by molar-refractivity contribution is 6.36. The van der Waals surface area contributed by atoms with E-state index < -0.39 is 0 Å². The van der Waals surface area contributed by atoms with E-state index in [9.17, 15) is 4.79 Å². The van der Waals surface area contributed by atoms with Crippen molar-refractivity contribution in [3.05, 3.63) is 58.1 Å². The van der Waals surface area contributed by atoms with Crippen LogP contribution < -0.4 is 11.1 Å². The molecule has 0 aliphatic heterocycles. The molecule has 5 heteroatoms. The van der Waals surface area contributed by atoms with Gasteiger partial charge >= 0.3 is 0 Å². The van der Waals surface area contributed by atoms with Crippen LogP contribution in [-0.4, -0.2) is 11.9 Å². The van der Waals surface area contributed by atoms with Gasteiger partial charge in [-0.2, -0.15) is 0 Å². The van der Waals surface area contributed by atoms with Gasteiger partial charge in [0.15, 0.2) is 0 Å². The molecule has 126 valence electrons. The molecule has 3 N–H and O–H groups in total. The van der Waals surface area contributed by atoms with Crippen LogP contribution in [0, 0.1) is 5.92 Å². The number of benzene rings is 2. The van der Waals surface area contributed by atoms with Crippen LogP contribution >= 0.6 is 23.2 Å². The minimum atomic E-state index is 0.0336. The molecule has 0 saturated heterocycles. The van der Waals surface area contributed by atoms with E-state index in [1.165, 1.54) is 0 Å². The molecular formula is C19H20Cl2N2O. The van der Waals surface area contributed by atoms with Gasteiger partial charge in [-0.05, 0) is 42.5 Å². The minimum Gasteiger partial charge on any atom is -0.352 e. The normalized spacial score (nSPS) is 20.1. The smallest absolute Gasteiger partial charge is 0.223 e. The molecule has 2 aromatic rings. The van der Waals surface area contributed by atoms with Crippen molar-refractivity contribution in [2.45, 2.75) is 31.8 Å². The number of hydrogen-bond acceptors (Lipinski definition) is 2. The fraction of sp³-hybridized carbons (Fsp3) is 0.316. The van der Waals surface area contributed by atoms with Gasteiger partial charge in [0.25, 0.3) is 0 Å². The predicted molar refractivity (Wildman–Crippen MR) is 99.1 cm³/mol. The van der Waals surface area contributed by atoms with E-state index in [2.05, 4.69) is 5.32 Å². The lowest BCUT2D eigenvalue weighted by Gasteiger charge is -2.14. The maximum atomic E-state index is 12.3. The summed E-state index contributed by atoms with van der Waals surface area (Å²) in [5, 5.41) is 4.24. The summed E-state index contributed by atoms with van der Waals surface area (Å²) in [6, 6.07) is 13.5. The summed E-state index contributed by atoms with van der Waals surface area (Å²) in [6.07, 6.45) is 2.57. The Hall–Kier alpha value is -1.55. The molecule has 3 nitrogen and oxygen atoms in total. The van der Waals surface area contributed by atoms with Crippen LogP contribution in [0.4, 0.5) is 0 Å². The van der Waals surface area contributed by atoms with Crippen LogP contribution in [0.1, 0.15) is 24.8 Å². The summed E-state index contributed by atoms with van der Waals surface area (Å²) in [4.78, 5) is 12.3. The molecule has 2 aromatic carbocycles. The van der Waals surface area contributed by atoms with Crippen molar-refractivity contribution in [2.24, 2.45) is 11.7 Å². The molecule has 0 aromatic heterocycles. The molecule has 0 bridgehead atoms. The molecule has 24 heavy (non-hydrogen) atoms. The number of rotatable bonds is 4. The third-order valence-electron chi connectivity index (χ3n) is 4.54. The SMILES string of the molecule is NC1CCC(C(=O)NCc2ccccc2-c2ccc(Cl)cc2Cl)C1. The lowest BCUT2D eigenvalue weighted by atomic mass is 9.99. The number of hydrogen-bond donors (Lipinski definition) is 2. The fourth-order valence-electron chi connectivity index (χ4n) is 3.23. The molecule has 1 amide bonds. The Bertz CT molecular complexity index is 748. The predicted octanol–water partition coefficient (Wildman–Crippen LogP) is 4.40. The number of nitrogens with two attached hydrogens (primary N) is 1. The molecule has 1 fully saturated rings. The molecule has 1 aliphatic rings. The van der Waals surface area contributed by atoms with Crippen molar-refractivity contribution >= 4 is 29.1 Å². The largest absolute Gasteiger partial charge is 0.352 e. The first kappa shape index (κ1) is 17.3. The van der Waals surface area contributed by atoms with Crippen molar-refractivity contribution in [1.82, 2.24) is 5.32 Å². The van der Waals surface area contributed by atoms with E-state index in [1.807, 2.05) is 36.4 Å².